The minimum Gasteiger partial charge on any atom is -0.333 e. The maximum Gasteiger partial charge on any atom is 0.343 e. The summed E-state index contributed by atoms with van der Waals surface area (Å²) in [5, 5.41) is 6.20. The molecule has 1 aromatic rings. The van der Waals surface area contributed by atoms with E-state index in [1.54, 1.807) is 30.5 Å². The monoisotopic (exact) mass is 176 g/mol. The van der Waals surface area contributed by atoms with Crippen molar-refractivity contribution in [3.8, 4) is 0 Å². The van der Waals surface area contributed by atoms with E-state index >= 15 is 0 Å². The number of hydrogen-bond acceptors (Lipinski definition) is 2. The zero-order chi connectivity index (χ0) is 9.52. The minimum atomic E-state index is -0.404. The van der Waals surface area contributed by atoms with Gasteiger partial charge in [0, 0.05) is 12.7 Å². The third-order valence-electron chi connectivity index (χ3n) is 1.26. The number of rotatable bonds is 3. The predicted octanol–water partition coefficient (Wildman–Crippen LogP) is 1.21. The van der Waals surface area contributed by atoms with Crippen molar-refractivity contribution in [3.05, 3.63) is 37.1 Å². The van der Waals surface area contributed by atoms with Crippen molar-refractivity contribution in [1.82, 2.24) is 15.6 Å². The van der Waals surface area contributed by atoms with Gasteiger partial charge in [0.25, 0.3) is 0 Å². The van der Waals surface area contributed by atoms with E-state index in [-0.39, 0.29) is 0 Å². The fraction of sp³-hybridized carbons (Fsp3) is 0.111. The number of urea groups is 1. The van der Waals surface area contributed by atoms with Crippen LogP contribution in [0.15, 0.2) is 37.1 Å². The van der Waals surface area contributed by atoms with Crippen molar-refractivity contribution < 1.29 is 4.79 Å². The fourth-order valence-electron chi connectivity index (χ4n) is 0.723. The van der Waals surface area contributed by atoms with Crippen LogP contribution in [-0.2, 0) is 0 Å². The third kappa shape index (κ3) is 3.37. The summed E-state index contributed by atoms with van der Waals surface area (Å²) in [6, 6.07) is 4.79. The zero-order valence-electron chi connectivity index (χ0n) is 7.10. The van der Waals surface area contributed by atoms with E-state index in [4.69, 9.17) is 0 Å². The number of nitrogens with zero attached hydrogens (tertiary/aromatic N) is 2. The topological polar surface area (TPSA) is 56.1 Å². The van der Waals surface area contributed by atoms with Crippen molar-refractivity contribution in [2.24, 2.45) is 0 Å². The van der Waals surface area contributed by atoms with E-state index in [0.29, 0.717) is 12.4 Å². The highest BCUT2D eigenvalue weighted by atomic mass is 16.2. The van der Waals surface area contributed by atoms with Crippen LogP contribution in [0.4, 0.5) is 10.6 Å². The molecule has 1 rings (SSSR count). The Balaban J connectivity index is 2.41. The van der Waals surface area contributed by atoms with Crippen molar-refractivity contribution in [3.63, 3.8) is 0 Å². The molecule has 0 fully saturated rings. The van der Waals surface area contributed by atoms with Crippen LogP contribution in [0.2, 0.25) is 0 Å². The maximum atomic E-state index is 11.0. The van der Waals surface area contributed by atoms with E-state index in [9.17, 15) is 4.79 Å². The molecule has 0 saturated heterocycles. The molecule has 0 saturated carbocycles. The second-order valence-electron chi connectivity index (χ2n) is 2.27. The molecule has 4 heteroatoms. The first-order valence-electron chi connectivity index (χ1n) is 3.84. The quantitative estimate of drug-likeness (QED) is 0.704. The molecule has 67 valence electrons. The number of aromatic nitrogens is 1. The lowest BCUT2D eigenvalue weighted by Crippen LogP contribution is -2.28. The number of nitrogens with one attached hydrogen (secondary N) is 1. The van der Waals surface area contributed by atoms with Gasteiger partial charge in [0.2, 0.25) is 0 Å². The number of pyridine rings is 1. The molecule has 0 aliphatic carbocycles. The molecule has 0 unspecified atom stereocenters. The molecule has 0 aromatic carbocycles. The van der Waals surface area contributed by atoms with Gasteiger partial charge in [-0.25, -0.2) is 9.78 Å². The minimum absolute atomic E-state index is 0.404. The van der Waals surface area contributed by atoms with E-state index in [0.717, 1.165) is 0 Å². The maximum absolute atomic E-state index is 11.0. The van der Waals surface area contributed by atoms with Crippen LogP contribution in [0.3, 0.4) is 0 Å². The van der Waals surface area contributed by atoms with Crippen molar-refractivity contribution in [2.45, 2.75) is 0 Å². The van der Waals surface area contributed by atoms with Crippen LogP contribution in [0, 0.1) is 0 Å². The summed E-state index contributed by atoms with van der Waals surface area (Å²) >= 11 is 0. The van der Waals surface area contributed by atoms with Crippen molar-refractivity contribution >= 4 is 11.8 Å². The fourth-order valence-corrected chi connectivity index (χ4v) is 0.723. The van der Waals surface area contributed by atoms with Crippen molar-refractivity contribution in [2.75, 3.05) is 6.54 Å². The average molecular weight is 176 g/mol. The van der Waals surface area contributed by atoms with Crippen molar-refractivity contribution in [1.29, 1.82) is 0 Å². The number of carbonyl (C=O) groups is 1. The molecule has 0 aliphatic rings. The molecule has 1 heterocycles. The molecule has 1 N–H and O–H groups in total. The van der Waals surface area contributed by atoms with Crippen LogP contribution in [0.25, 0.3) is 0 Å². The van der Waals surface area contributed by atoms with Gasteiger partial charge < -0.3 is 5.32 Å². The molecule has 0 spiro atoms. The van der Waals surface area contributed by atoms with Crippen LogP contribution in [0.5, 0.6) is 0 Å². The average Bonchev–Trinajstić information content (AvgIpc) is 2.16. The Kier molecular flexibility index (Phi) is 3.50. The Labute approximate surface area is 76.7 Å². The summed E-state index contributed by atoms with van der Waals surface area (Å²) in [6.45, 7) is 3.88. The molecular weight excluding hydrogens is 166 g/mol. The Morgan fingerprint density at radius 3 is 3.15 bits per heavy atom. The summed E-state index contributed by atoms with van der Waals surface area (Å²) in [6.07, 6.45) is 3.17. The van der Waals surface area contributed by atoms with Gasteiger partial charge in [-0.1, -0.05) is 12.1 Å². The normalized spacial score (nSPS) is 8.92. The number of carbonyl (C=O) groups excluding carboxylic acids is 1. The van der Waals surface area contributed by atoms with E-state index in [2.05, 4.69) is 22.2 Å². The molecule has 1 aromatic heterocycles. The summed E-state index contributed by atoms with van der Waals surface area (Å²) < 4.78 is 0. The van der Waals surface area contributed by atoms with E-state index in [1.165, 1.54) is 0 Å². The first-order valence-corrected chi connectivity index (χ1v) is 3.84. The molecule has 2 amide bonds. The summed E-state index contributed by atoms with van der Waals surface area (Å²) in [7, 11) is 0. The van der Waals surface area contributed by atoms with Crippen LogP contribution in [-0.4, -0.2) is 17.6 Å². The van der Waals surface area contributed by atoms with Gasteiger partial charge in [0.15, 0.2) is 5.82 Å². The summed E-state index contributed by atoms with van der Waals surface area (Å²) in [5.41, 5.74) is 0. The second-order valence-corrected chi connectivity index (χ2v) is 2.27. The van der Waals surface area contributed by atoms with E-state index < -0.39 is 6.03 Å². The van der Waals surface area contributed by atoms with E-state index in [1.807, 2.05) is 0 Å². The van der Waals surface area contributed by atoms with Gasteiger partial charge in [-0.2, -0.15) is 5.32 Å². The summed E-state index contributed by atoms with van der Waals surface area (Å²) in [5.74, 6) is 0.407. The molecular formula is C9H10N3O. The first-order chi connectivity index (χ1) is 6.33. The smallest absolute Gasteiger partial charge is 0.333 e. The SMILES string of the molecule is C=CCNC(=O)[N]c1ccccn1. The second kappa shape index (κ2) is 4.92. The van der Waals surface area contributed by atoms with Crippen LogP contribution < -0.4 is 10.6 Å². The number of hydrogen-bond donors (Lipinski definition) is 1. The first kappa shape index (κ1) is 9.25. The molecule has 13 heavy (non-hydrogen) atoms. The lowest BCUT2D eigenvalue weighted by Gasteiger charge is -2.00. The molecule has 0 atom stereocenters. The lowest BCUT2D eigenvalue weighted by atomic mass is 10.5. The molecule has 0 aliphatic heterocycles. The third-order valence-corrected chi connectivity index (χ3v) is 1.26. The Morgan fingerprint density at radius 1 is 1.69 bits per heavy atom. The number of amides is 2. The van der Waals surface area contributed by atoms with Gasteiger partial charge in [-0.15, -0.1) is 6.58 Å². The Hall–Kier alpha value is -1.84. The van der Waals surface area contributed by atoms with Crippen LogP contribution in [0.1, 0.15) is 0 Å². The highest BCUT2D eigenvalue weighted by molar-refractivity contribution is 5.77. The van der Waals surface area contributed by atoms with Gasteiger partial charge in [0.1, 0.15) is 0 Å². The van der Waals surface area contributed by atoms with Gasteiger partial charge in [-0.3, -0.25) is 0 Å². The standard InChI is InChI=1S/C9H10N3O/c1-2-6-11-9(13)12-8-5-3-4-7-10-8/h2-5,7H,1,6H2,(H,11,13). The van der Waals surface area contributed by atoms with Crippen LogP contribution >= 0.6 is 0 Å². The Morgan fingerprint density at radius 2 is 2.54 bits per heavy atom. The highest BCUT2D eigenvalue weighted by Crippen LogP contribution is 1.98. The summed E-state index contributed by atoms with van der Waals surface area (Å²) in [4.78, 5) is 14.9. The molecule has 0 bridgehead atoms. The Bertz CT molecular complexity index is 284. The largest absolute Gasteiger partial charge is 0.343 e. The molecule has 1 radical (unpaired) electrons. The molecule has 4 nitrogen and oxygen atoms in total. The zero-order valence-corrected chi connectivity index (χ0v) is 7.10. The highest BCUT2D eigenvalue weighted by Gasteiger charge is 2.01. The van der Waals surface area contributed by atoms with Gasteiger partial charge >= 0.3 is 6.03 Å². The lowest BCUT2D eigenvalue weighted by molar-refractivity contribution is 0.244. The van der Waals surface area contributed by atoms with Gasteiger partial charge in [-0.05, 0) is 12.1 Å². The predicted molar refractivity (Wildman–Crippen MR) is 49.6 cm³/mol. The van der Waals surface area contributed by atoms with Gasteiger partial charge in [0.05, 0.1) is 0 Å².